The first-order chi connectivity index (χ1) is 7.04. The van der Waals surface area contributed by atoms with Crippen molar-refractivity contribution in [3.8, 4) is 0 Å². The number of nitrogens with zero attached hydrogens (tertiary/aromatic N) is 2. The van der Waals surface area contributed by atoms with Crippen LogP contribution in [0.5, 0.6) is 0 Å². The van der Waals surface area contributed by atoms with Gasteiger partial charge in [0.15, 0.2) is 0 Å². The monoisotopic (exact) mass is 212 g/mol. The Morgan fingerprint density at radius 3 is 2.73 bits per heavy atom. The Balaban J connectivity index is 1.89. The van der Waals surface area contributed by atoms with Crippen LogP contribution in [0.1, 0.15) is 26.7 Å². The summed E-state index contributed by atoms with van der Waals surface area (Å²) in [6.07, 6.45) is 2.05. The van der Waals surface area contributed by atoms with E-state index in [9.17, 15) is 4.79 Å². The molecule has 2 heterocycles. The zero-order valence-corrected chi connectivity index (χ0v) is 9.82. The molecule has 0 spiro atoms. The smallest absolute Gasteiger partial charge is 0.323 e. The number of likely N-dealkylation sites (tertiary alicyclic amines) is 1. The molecule has 4 nitrogen and oxygen atoms in total. The van der Waals surface area contributed by atoms with Gasteiger partial charge in [-0.3, -0.25) is 14.6 Å². The van der Waals surface area contributed by atoms with Gasteiger partial charge in [-0.2, -0.15) is 0 Å². The van der Waals surface area contributed by atoms with Crippen LogP contribution < -0.4 is 0 Å². The second kappa shape index (κ2) is 3.76. The average molecular weight is 212 g/mol. The number of hydrogen-bond acceptors (Lipinski definition) is 4. The number of methoxy groups -OCH3 is 1. The normalized spacial score (nSPS) is 34.1. The third-order valence-electron chi connectivity index (χ3n) is 3.52. The molecule has 0 bridgehead atoms. The van der Waals surface area contributed by atoms with Crippen molar-refractivity contribution >= 4 is 5.97 Å². The van der Waals surface area contributed by atoms with Crippen LogP contribution in [-0.2, 0) is 9.53 Å². The summed E-state index contributed by atoms with van der Waals surface area (Å²) in [5.41, 5.74) is 0.337. The average Bonchev–Trinajstić information content (AvgIpc) is 2.65. The lowest BCUT2D eigenvalue weighted by Crippen LogP contribution is -2.40. The van der Waals surface area contributed by atoms with E-state index in [-0.39, 0.29) is 12.0 Å². The van der Waals surface area contributed by atoms with Gasteiger partial charge in [0.2, 0.25) is 0 Å². The lowest BCUT2D eigenvalue weighted by Gasteiger charge is -2.23. The summed E-state index contributed by atoms with van der Waals surface area (Å²) in [7, 11) is 1.47. The van der Waals surface area contributed by atoms with E-state index in [4.69, 9.17) is 4.74 Å². The molecule has 2 aliphatic rings. The summed E-state index contributed by atoms with van der Waals surface area (Å²) in [6, 6.07) is -0.00796. The van der Waals surface area contributed by atoms with E-state index in [1.807, 2.05) is 0 Å². The summed E-state index contributed by atoms with van der Waals surface area (Å²) in [5.74, 6) is -0.0767. The second-order valence-corrected chi connectivity index (χ2v) is 5.15. The predicted molar refractivity (Wildman–Crippen MR) is 57.4 cm³/mol. The van der Waals surface area contributed by atoms with Crippen LogP contribution in [0.3, 0.4) is 0 Å². The molecule has 86 valence electrons. The molecule has 0 aliphatic carbocycles. The topological polar surface area (TPSA) is 32.5 Å². The molecule has 0 amide bonds. The van der Waals surface area contributed by atoms with E-state index in [0.717, 1.165) is 32.6 Å². The van der Waals surface area contributed by atoms with Gasteiger partial charge < -0.3 is 4.74 Å². The fraction of sp³-hybridized carbons (Fsp3) is 0.909. The van der Waals surface area contributed by atoms with Crippen molar-refractivity contribution in [1.29, 1.82) is 0 Å². The van der Waals surface area contributed by atoms with E-state index in [1.54, 1.807) is 0 Å². The van der Waals surface area contributed by atoms with Crippen molar-refractivity contribution in [2.45, 2.75) is 38.3 Å². The molecule has 2 fully saturated rings. The third-order valence-corrected chi connectivity index (χ3v) is 3.52. The van der Waals surface area contributed by atoms with Crippen molar-refractivity contribution in [2.75, 3.05) is 26.9 Å². The second-order valence-electron chi connectivity index (χ2n) is 5.15. The molecular formula is C11H20N2O2. The zero-order chi connectivity index (χ0) is 11.1. The largest absolute Gasteiger partial charge is 0.468 e. The SMILES string of the molecule is COC(=O)C1CCCN1CN1CC1(C)C. The van der Waals surface area contributed by atoms with Crippen LogP contribution in [0.25, 0.3) is 0 Å². The first-order valence-corrected chi connectivity index (χ1v) is 5.61. The zero-order valence-electron chi connectivity index (χ0n) is 9.82. The summed E-state index contributed by atoms with van der Waals surface area (Å²) in [4.78, 5) is 16.1. The third kappa shape index (κ3) is 2.16. The molecule has 0 aromatic carbocycles. The molecule has 0 saturated carbocycles. The molecular weight excluding hydrogens is 192 g/mol. The molecule has 2 atom stereocenters. The quantitative estimate of drug-likeness (QED) is 0.508. The van der Waals surface area contributed by atoms with Crippen molar-refractivity contribution in [2.24, 2.45) is 0 Å². The molecule has 0 N–H and O–H groups in total. The van der Waals surface area contributed by atoms with Gasteiger partial charge in [0.05, 0.1) is 13.8 Å². The molecule has 4 heteroatoms. The van der Waals surface area contributed by atoms with Crippen LogP contribution in [-0.4, -0.2) is 54.2 Å². The number of hydrogen-bond donors (Lipinski definition) is 0. The maximum absolute atomic E-state index is 11.5. The van der Waals surface area contributed by atoms with Gasteiger partial charge in [-0.15, -0.1) is 0 Å². The lowest BCUT2D eigenvalue weighted by atomic mass is 10.2. The molecule has 15 heavy (non-hydrogen) atoms. The Morgan fingerprint density at radius 2 is 2.20 bits per heavy atom. The van der Waals surface area contributed by atoms with Gasteiger partial charge in [-0.25, -0.2) is 0 Å². The van der Waals surface area contributed by atoms with Gasteiger partial charge in [0.25, 0.3) is 0 Å². The predicted octanol–water partition coefficient (Wildman–Crippen LogP) is 0.675. The van der Waals surface area contributed by atoms with Gasteiger partial charge in [0.1, 0.15) is 6.04 Å². The van der Waals surface area contributed by atoms with E-state index in [1.165, 1.54) is 7.11 Å². The molecule has 0 aromatic heterocycles. The fourth-order valence-corrected chi connectivity index (χ4v) is 2.29. The standard InChI is InChI=1S/C11H20N2O2/c1-11(2)7-13(11)8-12-6-4-5-9(12)10(14)15-3/h9H,4-8H2,1-3H3. The van der Waals surface area contributed by atoms with Crippen molar-refractivity contribution < 1.29 is 9.53 Å². The Morgan fingerprint density at radius 1 is 1.53 bits per heavy atom. The van der Waals surface area contributed by atoms with Crippen molar-refractivity contribution in [3.63, 3.8) is 0 Å². The van der Waals surface area contributed by atoms with Crippen LogP contribution in [0, 0.1) is 0 Å². The molecule has 0 radical (unpaired) electrons. The highest BCUT2D eigenvalue weighted by Gasteiger charge is 2.45. The molecule has 0 aromatic rings. The first kappa shape index (κ1) is 10.9. The highest BCUT2D eigenvalue weighted by Crippen LogP contribution is 2.32. The van der Waals surface area contributed by atoms with E-state index >= 15 is 0 Å². The van der Waals surface area contributed by atoms with Crippen LogP contribution in [0.15, 0.2) is 0 Å². The van der Waals surface area contributed by atoms with Gasteiger partial charge in [-0.05, 0) is 26.7 Å². The Hall–Kier alpha value is -0.610. The number of ether oxygens (including phenoxy) is 1. The summed E-state index contributed by atoms with van der Waals surface area (Å²) < 4.78 is 4.82. The fourth-order valence-electron chi connectivity index (χ4n) is 2.29. The van der Waals surface area contributed by atoms with E-state index in [2.05, 4.69) is 23.6 Å². The number of esters is 1. The summed E-state index contributed by atoms with van der Waals surface area (Å²) >= 11 is 0. The molecule has 2 saturated heterocycles. The van der Waals surface area contributed by atoms with Crippen LogP contribution in [0.4, 0.5) is 0 Å². The number of rotatable bonds is 3. The van der Waals surface area contributed by atoms with Gasteiger partial charge >= 0.3 is 5.97 Å². The van der Waals surface area contributed by atoms with E-state index in [0.29, 0.717) is 5.54 Å². The highest BCUT2D eigenvalue weighted by molar-refractivity contribution is 5.75. The van der Waals surface area contributed by atoms with E-state index < -0.39 is 0 Å². The van der Waals surface area contributed by atoms with Gasteiger partial charge in [-0.1, -0.05) is 0 Å². The maximum atomic E-state index is 11.5. The molecule has 2 rings (SSSR count). The number of carbonyl (C=O) groups excluding carboxylic acids is 1. The van der Waals surface area contributed by atoms with Crippen molar-refractivity contribution in [1.82, 2.24) is 9.80 Å². The first-order valence-electron chi connectivity index (χ1n) is 5.61. The maximum Gasteiger partial charge on any atom is 0.323 e. The van der Waals surface area contributed by atoms with Gasteiger partial charge in [0, 0.05) is 18.6 Å². The number of carbonyl (C=O) groups is 1. The Labute approximate surface area is 91.2 Å². The Bertz CT molecular complexity index is 265. The minimum absolute atomic E-state index is 0.00796. The van der Waals surface area contributed by atoms with Crippen LogP contribution in [0.2, 0.25) is 0 Å². The minimum atomic E-state index is -0.0767. The summed E-state index contributed by atoms with van der Waals surface area (Å²) in [6.45, 7) is 7.53. The highest BCUT2D eigenvalue weighted by atomic mass is 16.5. The summed E-state index contributed by atoms with van der Waals surface area (Å²) in [5, 5.41) is 0. The Kier molecular flexibility index (Phi) is 2.73. The van der Waals surface area contributed by atoms with Crippen LogP contribution >= 0.6 is 0 Å². The van der Waals surface area contributed by atoms with Crippen molar-refractivity contribution in [3.05, 3.63) is 0 Å². The minimum Gasteiger partial charge on any atom is -0.468 e. The molecule has 2 unspecified atom stereocenters. The molecule has 2 aliphatic heterocycles. The lowest BCUT2D eigenvalue weighted by molar-refractivity contribution is -0.146.